The molecule has 29 heavy (non-hydrogen) atoms. The molecule has 7 nitrogen and oxygen atoms in total. The van der Waals surface area contributed by atoms with E-state index in [1.54, 1.807) is 24.3 Å². The number of ketones is 1. The Morgan fingerprint density at radius 3 is 2.31 bits per heavy atom. The molecular formula is C20H24FN3O4S. The lowest BCUT2D eigenvalue weighted by molar-refractivity contribution is 0.101. The lowest BCUT2D eigenvalue weighted by atomic mass is 10.1. The molecule has 1 aliphatic rings. The zero-order chi connectivity index (χ0) is 21.0. The zero-order valence-electron chi connectivity index (χ0n) is 16.2. The Labute approximate surface area is 169 Å². The highest BCUT2D eigenvalue weighted by Crippen LogP contribution is 2.22. The van der Waals surface area contributed by atoms with Crippen molar-refractivity contribution < 1.29 is 22.3 Å². The second-order valence-corrected chi connectivity index (χ2v) is 8.48. The van der Waals surface area contributed by atoms with Crippen molar-refractivity contribution in [3.05, 3.63) is 53.8 Å². The molecule has 2 aromatic rings. The highest BCUT2D eigenvalue weighted by molar-refractivity contribution is 7.89. The maximum atomic E-state index is 14.3. The van der Waals surface area contributed by atoms with E-state index in [1.807, 2.05) is 4.90 Å². The molecule has 0 radical (unpaired) electrons. The number of carbonyl (C=O) groups excluding carboxylic acids is 1. The largest absolute Gasteiger partial charge is 0.492 e. The predicted octanol–water partition coefficient (Wildman–Crippen LogP) is 1.88. The molecule has 0 aromatic heterocycles. The monoisotopic (exact) mass is 421 g/mol. The molecule has 0 atom stereocenters. The first-order chi connectivity index (χ1) is 13.7. The molecule has 2 N–H and O–H groups in total. The fourth-order valence-electron chi connectivity index (χ4n) is 3.21. The van der Waals surface area contributed by atoms with Crippen molar-refractivity contribution in [1.29, 1.82) is 0 Å². The van der Waals surface area contributed by atoms with Crippen LogP contribution in [0.25, 0.3) is 0 Å². The molecular weight excluding hydrogens is 397 g/mol. The van der Waals surface area contributed by atoms with Gasteiger partial charge in [-0.15, -0.1) is 0 Å². The van der Waals surface area contributed by atoms with E-state index < -0.39 is 10.0 Å². The fraction of sp³-hybridized carbons (Fsp3) is 0.350. The SMILES string of the molecule is CC(=O)c1ccc(N2CCN(CCOc3ccc(S(N)(=O)=O)cc3)CC2)c(F)c1. The Kier molecular flexibility index (Phi) is 6.51. The van der Waals surface area contributed by atoms with Gasteiger partial charge in [0.2, 0.25) is 10.0 Å². The number of hydrogen-bond acceptors (Lipinski definition) is 6. The number of nitrogens with zero attached hydrogens (tertiary/aromatic N) is 2. The number of primary sulfonamides is 1. The Bertz CT molecular complexity index is 972. The fourth-order valence-corrected chi connectivity index (χ4v) is 3.73. The average Bonchev–Trinajstić information content (AvgIpc) is 2.68. The number of benzene rings is 2. The molecule has 156 valence electrons. The van der Waals surface area contributed by atoms with Crippen molar-refractivity contribution in [3.8, 4) is 5.75 Å². The summed E-state index contributed by atoms with van der Waals surface area (Å²) >= 11 is 0. The minimum absolute atomic E-state index is 0.0459. The second-order valence-electron chi connectivity index (χ2n) is 6.92. The summed E-state index contributed by atoms with van der Waals surface area (Å²) in [6, 6.07) is 10.6. The minimum Gasteiger partial charge on any atom is -0.492 e. The van der Waals surface area contributed by atoms with E-state index in [1.165, 1.54) is 25.1 Å². The van der Waals surface area contributed by atoms with Gasteiger partial charge in [0.15, 0.2) is 5.78 Å². The van der Waals surface area contributed by atoms with Crippen LogP contribution < -0.4 is 14.8 Å². The van der Waals surface area contributed by atoms with Crippen LogP contribution in [0.15, 0.2) is 47.4 Å². The number of nitrogens with two attached hydrogens (primary N) is 1. The van der Waals surface area contributed by atoms with Gasteiger partial charge in [-0.05, 0) is 49.4 Å². The van der Waals surface area contributed by atoms with Gasteiger partial charge < -0.3 is 9.64 Å². The van der Waals surface area contributed by atoms with Gasteiger partial charge in [0.05, 0.1) is 10.6 Å². The van der Waals surface area contributed by atoms with Crippen molar-refractivity contribution >= 4 is 21.5 Å². The van der Waals surface area contributed by atoms with Crippen LogP contribution >= 0.6 is 0 Å². The standard InChI is InChI=1S/C20H24FN3O4S/c1-15(25)16-2-7-20(19(21)14-16)24-10-8-23(9-11-24)12-13-28-17-3-5-18(6-4-17)29(22,26)27/h2-7,14H,8-13H2,1H3,(H2,22,26,27). The van der Waals surface area contributed by atoms with E-state index in [0.29, 0.717) is 43.2 Å². The van der Waals surface area contributed by atoms with Crippen molar-refractivity contribution in [2.24, 2.45) is 5.14 Å². The number of piperazine rings is 1. The van der Waals surface area contributed by atoms with Gasteiger partial charge in [-0.2, -0.15) is 0 Å². The van der Waals surface area contributed by atoms with E-state index in [-0.39, 0.29) is 16.5 Å². The van der Waals surface area contributed by atoms with Crippen molar-refractivity contribution in [2.45, 2.75) is 11.8 Å². The average molecular weight is 421 g/mol. The lowest BCUT2D eigenvalue weighted by Crippen LogP contribution is -2.47. The van der Waals surface area contributed by atoms with E-state index in [4.69, 9.17) is 9.88 Å². The van der Waals surface area contributed by atoms with Crippen LogP contribution in [0.5, 0.6) is 5.75 Å². The third kappa shape index (κ3) is 5.53. The van der Waals surface area contributed by atoms with Crippen molar-refractivity contribution in [1.82, 2.24) is 4.90 Å². The first-order valence-corrected chi connectivity index (χ1v) is 10.8. The van der Waals surface area contributed by atoms with Crippen LogP contribution in [0.1, 0.15) is 17.3 Å². The Balaban J connectivity index is 1.46. The molecule has 2 aromatic carbocycles. The molecule has 0 saturated carbocycles. The number of halogens is 1. The van der Waals surface area contributed by atoms with E-state index in [2.05, 4.69) is 4.90 Å². The van der Waals surface area contributed by atoms with Crippen LogP contribution in [0.4, 0.5) is 10.1 Å². The molecule has 9 heteroatoms. The molecule has 3 rings (SSSR count). The molecule has 1 aliphatic heterocycles. The number of rotatable bonds is 7. The number of carbonyl (C=O) groups is 1. The van der Waals surface area contributed by atoms with Crippen LogP contribution in [0.3, 0.4) is 0 Å². The quantitative estimate of drug-likeness (QED) is 0.686. The molecule has 1 saturated heterocycles. The molecule has 0 unspecified atom stereocenters. The summed E-state index contributed by atoms with van der Waals surface area (Å²) in [5.41, 5.74) is 0.889. The lowest BCUT2D eigenvalue weighted by Gasteiger charge is -2.36. The molecule has 0 aliphatic carbocycles. The summed E-state index contributed by atoms with van der Waals surface area (Å²) in [7, 11) is -3.71. The number of sulfonamides is 1. The topological polar surface area (TPSA) is 92.9 Å². The predicted molar refractivity (Wildman–Crippen MR) is 108 cm³/mol. The molecule has 0 bridgehead atoms. The summed E-state index contributed by atoms with van der Waals surface area (Å²) in [5, 5.41) is 5.07. The third-order valence-electron chi connectivity index (χ3n) is 4.90. The number of hydrogen-bond donors (Lipinski definition) is 1. The minimum atomic E-state index is -3.71. The van der Waals surface area contributed by atoms with Gasteiger partial charge in [0.1, 0.15) is 18.2 Å². The number of ether oxygens (including phenoxy) is 1. The van der Waals surface area contributed by atoms with Gasteiger partial charge in [-0.1, -0.05) is 0 Å². The van der Waals surface area contributed by atoms with E-state index in [9.17, 15) is 17.6 Å². The van der Waals surface area contributed by atoms with Crippen LogP contribution in [0.2, 0.25) is 0 Å². The van der Waals surface area contributed by atoms with E-state index in [0.717, 1.165) is 13.1 Å². The first-order valence-electron chi connectivity index (χ1n) is 9.27. The van der Waals surface area contributed by atoms with Crippen molar-refractivity contribution in [2.75, 3.05) is 44.2 Å². The summed E-state index contributed by atoms with van der Waals surface area (Å²) in [6.07, 6.45) is 0. The molecule has 1 fully saturated rings. The number of Topliss-reactive ketones (excluding diaryl/α,β-unsaturated/α-hetero) is 1. The summed E-state index contributed by atoms with van der Waals surface area (Å²) in [6.45, 7) is 5.47. The van der Waals surface area contributed by atoms with Crippen LogP contribution in [-0.4, -0.2) is 58.4 Å². The van der Waals surface area contributed by atoms with Crippen molar-refractivity contribution in [3.63, 3.8) is 0 Å². The Hall–Kier alpha value is -2.49. The third-order valence-corrected chi connectivity index (χ3v) is 5.82. The second kappa shape index (κ2) is 8.89. The Morgan fingerprint density at radius 1 is 1.10 bits per heavy atom. The Morgan fingerprint density at radius 2 is 1.76 bits per heavy atom. The highest BCUT2D eigenvalue weighted by Gasteiger charge is 2.20. The maximum Gasteiger partial charge on any atom is 0.238 e. The molecule has 0 amide bonds. The van der Waals surface area contributed by atoms with Crippen LogP contribution in [-0.2, 0) is 10.0 Å². The van der Waals surface area contributed by atoms with Gasteiger partial charge >= 0.3 is 0 Å². The van der Waals surface area contributed by atoms with E-state index >= 15 is 0 Å². The van der Waals surface area contributed by atoms with Gasteiger partial charge in [-0.25, -0.2) is 17.9 Å². The van der Waals surface area contributed by atoms with Gasteiger partial charge in [0, 0.05) is 38.3 Å². The maximum absolute atomic E-state index is 14.3. The highest BCUT2D eigenvalue weighted by atomic mass is 32.2. The molecule has 1 heterocycles. The number of anilines is 1. The summed E-state index contributed by atoms with van der Waals surface area (Å²) in [4.78, 5) is 15.6. The first kappa shape index (κ1) is 21.2. The van der Waals surface area contributed by atoms with Crippen LogP contribution in [0, 0.1) is 5.82 Å². The zero-order valence-corrected chi connectivity index (χ0v) is 17.0. The van der Waals surface area contributed by atoms with Gasteiger partial charge in [0.25, 0.3) is 0 Å². The van der Waals surface area contributed by atoms with Gasteiger partial charge in [-0.3, -0.25) is 9.69 Å². The summed E-state index contributed by atoms with van der Waals surface area (Å²) < 4.78 is 42.5. The smallest absolute Gasteiger partial charge is 0.238 e. The summed E-state index contributed by atoms with van der Waals surface area (Å²) in [5.74, 6) is 0.0423. The molecule has 0 spiro atoms. The normalized spacial score (nSPS) is 15.3.